The van der Waals surface area contributed by atoms with Crippen LogP contribution in [-0.4, -0.2) is 8.42 Å². The number of furan rings is 1. The predicted molar refractivity (Wildman–Crippen MR) is 71.3 cm³/mol. The predicted octanol–water partition coefficient (Wildman–Crippen LogP) is 2.10. The van der Waals surface area contributed by atoms with Gasteiger partial charge in [-0.25, -0.2) is 13.1 Å². The van der Waals surface area contributed by atoms with E-state index in [1.807, 2.05) is 0 Å². The van der Waals surface area contributed by atoms with E-state index in [1.165, 1.54) is 18.6 Å². The van der Waals surface area contributed by atoms with Gasteiger partial charge < -0.3 is 10.2 Å². The molecule has 2 aromatic rings. The zero-order valence-corrected chi connectivity index (χ0v) is 11.7. The first-order valence-electron chi connectivity index (χ1n) is 5.05. The van der Waals surface area contributed by atoms with Crippen LogP contribution in [0.4, 0.5) is 5.69 Å². The summed E-state index contributed by atoms with van der Waals surface area (Å²) in [7, 11) is -3.62. The van der Waals surface area contributed by atoms with Crippen LogP contribution in [0.5, 0.6) is 0 Å². The summed E-state index contributed by atoms with van der Waals surface area (Å²) in [4.78, 5) is 0.0641. The number of benzene rings is 1. The first-order valence-corrected chi connectivity index (χ1v) is 7.32. The van der Waals surface area contributed by atoms with Gasteiger partial charge in [0.05, 0.1) is 18.2 Å². The second-order valence-electron chi connectivity index (χ2n) is 3.64. The fourth-order valence-corrected chi connectivity index (χ4v) is 2.92. The number of nitrogens with two attached hydrogens (primary N) is 1. The van der Waals surface area contributed by atoms with Crippen LogP contribution in [0.1, 0.15) is 5.56 Å². The molecule has 0 amide bonds. The van der Waals surface area contributed by atoms with Gasteiger partial charge in [-0.05, 0) is 24.3 Å². The molecular formula is C11H11BrN2O3S. The van der Waals surface area contributed by atoms with E-state index in [1.54, 1.807) is 18.2 Å². The average molecular weight is 331 g/mol. The third-order valence-corrected chi connectivity index (χ3v) is 4.28. The maximum Gasteiger partial charge on any atom is 0.242 e. The minimum atomic E-state index is -3.62. The van der Waals surface area contributed by atoms with Gasteiger partial charge in [0, 0.05) is 16.6 Å². The standard InChI is InChI=1S/C11H11BrN2O3S/c12-9-1-2-11(10(13)5-9)18(15,16)14-6-8-3-4-17-7-8/h1-5,7,14H,6,13H2. The Bertz CT molecular complexity index is 638. The SMILES string of the molecule is Nc1cc(Br)ccc1S(=O)(=O)NCc1ccoc1. The topological polar surface area (TPSA) is 85.3 Å². The molecule has 18 heavy (non-hydrogen) atoms. The number of nitrogens with one attached hydrogen (secondary N) is 1. The van der Waals surface area contributed by atoms with Gasteiger partial charge in [-0.1, -0.05) is 15.9 Å². The van der Waals surface area contributed by atoms with Gasteiger partial charge in [-0.15, -0.1) is 0 Å². The Morgan fingerprint density at radius 3 is 2.72 bits per heavy atom. The Balaban J connectivity index is 2.20. The molecule has 0 bridgehead atoms. The number of hydrogen-bond acceptors (Lipinski definition) is 4. The van der Waals surface area contributed by atoms with E-state index in [2.05, 4.69) is 20.7 Å². The summed E-state index contributed by atoms with van der Waals surface area (Å²) in [6.07, 6.45) is 2.96. The number of sulfonamides is 1. The van der Waals surface area contributed by atoms with E-state index in [4.69, 9.17) is 10.2 Å². The van der Waals surface area contributed by atoms with Crippen LogP contribution in [0.2, 0.25) is 0 Å². The maximum atomic E-state index is 12.0. The van der Waals surface area contributed by atoms with Gasteiger partial charge in [-0.2, -0.15) is 0 Å². The lowest BCUT2D eigenvalue weighted by molar-refractivity contribution is 0.561. The van der Waals surface area contributed by atoms with Crippen LogP contribution < -0.4 is 10.5 Å². The number of rotatable bonds is 4. The van der Waals surface area contributed by atoms with Crippen LogP contribution in [0.25, 0.3) is 0 Å². The molecular weight excluding hydrogens is 320 g/mol. The van der Waals surface area contributed by atoms with E-state index in [0.29, 0.717) is 0 Å². The lowest BCUT2D eigenvalue weighted by Crippen LogP contribution is -2.23. The molecule has 2 rings (SSSR count). The second kappa shape index (κ2) is 5.13. The van der Waals surface area contributed by atoms with Crippen molar-refractivity contribution in [2.24, 2.45) is 0 Å². The number of anilines is 1. The van der Waals surface area contributed by atoms with Gasteiger partial charge in [0.25, 0.3) is 0 Å². The largest absolute Gasteiger partial charge is 0.472 e. The monoisotopic (exact) mass is 330 g/mol. The summed E-state index contributed by atoms with van der Waals surface area (Å²) in [6, 6.07) is 6.32. The summed E-state index contributed by atoms with van der Waals surface area (Å²) in [5.41, 5.74) is 6.63. The van der Waals surface area contributed by atoms with Crippen LogP contribution in [-0.2, 0) is 16.6 Å². The molecule has 96 valence electrons. The summed E-state index contributed by atoms with van der Waals surface area (Å²) in [5.74, 6) is 0. The minimum absolute atomic E-state index is 0.0641. The second-order valence-corrected chi connectivity index (χ2v) is 6.29. The average Bonchev–Trinajstić information content (AvgIpc) is 2.78. The highest BCUT2D eigenvalue weighted by molar-refractivity contribution is 9.10. The smallest absolute Gasteiger partial charge is 0.242 e. The molecule has 0 fully saturated rings. The van der Waals surface area contributed by atoms with Crippen molar-refractivity contribution < 1.29 is 12.8 Å². The van der Waals surface area contributed by atoms with Crippen LogP contribution in [0.3, 0.4) is 0 Å². The molecule has 1 heterocycles. The Kier molecular flexibility index (Phi) is 3.74. The lowest BCUT2D eigenvalue weighted by atomic mass is 10.3. The molecule has 0 aliphatic rings. The quantitative estimate of drug-likeness (QED) is 0.840. The molecule has 7 heteroatoms. The zero-order valence-electron chi connectivity index (χ0n) is 9.26. The molecule has 1 aromatic carbocycles. The first kappa shape index (κ1) is 13.1. The summed E-state index contributed by atoms with van der Waals surface area (Å²) in [5, 5.41) is 0. The number of hydrogen-bond donors (Lipinski definition) is 2. The van der Waals surface area contributed by atoms with Crippen molar-refractivity contribution in [3.63, 3.8) is 0 Å². The van der Waals surface area contributed by atoms with Crippen molar-refractivity contribution in [2.45, 2.75) is 11.4 Å². The van der Waals surface area contributed by atoms with E-state index < -0.39 is 10.0 Å². The Labute approximate surface area is 113 Å². The van der Waals surface area contributed by atoms with E-state index in [-0.39, 0.29) is 17.1 Å². The van der Waals surface area contributed by atoms with Crippen LogP contribution in [0, 0.1) is 0 Å². The molecule has 3 N–H and O–H groups in total. The fourth-order valence-electron chi connectivity index (χ4n) is 1.41. The first-order chi connectivity index (χ1) is 8.49. The molecule has 0 aliphatic carbocycles. The molecule has 0 unspecified atom stereocenters. The summed E-state index contributed by atoms with van der Waals surface area (Å²) < 4.78 is 32.1. The van der Waals surface area contributed by atoms with Crippen molar-refractivity contribution >= 4 is 31.6 Å². The maximum absolute atomic E-state index is 12.0. The third-order valence-electron chi connectivity index (χ3n) is 2.31. The molecule has 0 saturated heterocycles. The molecule has 0 saturated carbocycles. The Hall–Kier alpha value is -1.31. The normalized spacial score (nSPS) is 11.6. The minimum Gasteiger partial charge on any atom is -0.472 e. The summed E-state index contributed by atoms with van der Waals surface area (Å²) >= 11 is 3.23. The molecule has 0 radical (unpaired) electrons. The highest BCUT2D eigenvalue weighted by atomic mass is 79.9. The molecule has 5 nitrogen and oxygen atoms in total. The lowest BCUT2D eigenvalue weighted by Gasteiger charge is -2.08. The van der Waals surface area contributed by atoms with E-state index in [0.717, 1.165) is 10.0 Å². The van der Waals surface area contributed by atoms with Gasteiger partial charge in [0.15, 0.2) is 0 Å². The van der Waals surface area contributed by atoms with Crippen molar-refractivity contribution in [2.75, 3.05) is 5.73 Å². The van der Waals surface area contributed by atoms with Crippen molar-refractivity contribution in [3.05, 3.63) is 46.8 Å². The van der Waals surface area contributed by atoms with Crippen LogP contribution in [0.15, 0.2) is 50.6 Å². The van der Waals surface area contributed by atoms with E-state index in [9.17, 15) is 8.42 Å². The molecule has 0 atom stereocenters. The molecule has 1 aromatic heterocycles. The highest BCUT2D eigenvalue weighted by Gasteiger charge is 2.17. The number of halogens is 1. The van der Waals surface area contributed by atoms with Gasteiger partial charge in [0.2, 0.25) is 10.0 Å². The van der Waals surface area contributed by atoms with Gasteiger partial charge in [-0.3, -0.25) is 0 Å². The Morgan fingerprint density at radius 2 is 2.11 bits per heavy atom. The van der Waals surface area contributed by atoms with Gasteiger partial charge in [0.1, 0.15) is 4.90 Å². The van der Waals surface area contributed by atoms with Gasteiger partial charge >= 0.3 is 0 Å². The molecule has 0 spiro atoms. The molecule has 0 aliphatic heterocycles. The zero-order chi connectivity index (χ0) is 13.2. The Morgan fingerprint density at radius 1 is 1.33 bits per heavy atom. The van der Waals surface area contributed by atoms with Crippen molar-refractivity contribution in [1.29, 1.82) is 0 Å². The van der Waals surface area contributed by atoms with Crippen molar-refractivity contribution in [1.82, 2.24) is 4.72 Å². The summed E-state index contributed by atoms with van der Waals surface area (Å²) in [6.45, 7) is 0.161. The highest BCUT2D eigenvalue weighted by Crippen LogP contribution is 2.22. The van der Waals surface area contributed by atoms with Crippen molar-refractivity contribution in [3.8, 4) is 0 Å². The van der Waals surface area contributed by atoms with E-state index >= 15 is 0 Å². The fraction of sp³-hybridized carbons (Fsp3) is 0.0909. The van der Waals surface area contributed by atoms with Crippen LogP contribution >= 0.6 is 15.9 Å². The number of nitrogen functional groups attached to an aromatic ring is 1. The third kappa shape index (κ3) is 2.92.